The first-order chi connectivity index (χ1) is 12.0. The lowest BCUT2D eigenvalue weighted by Gasteiger charge is -2.20. The molecule has 0 fully saturated rings. The number of amides is 1. The van der Waals surface area contributed by atoms with Gasteiger partial charge in [0.2, 0.25) is 10.0 Å². The Kier molecular flexibility index (Phi) is 5.99. The molecule has 0 aliphatic carbocycles. The van der Waals surface area contributed by atoms with Gasteiger partial charge in [0.15, 0.2) is 0 Å². The van der Waals surface area contributed by atoms with Crippen LogP contribution in [0.5, 0.6) is 0 Å². The normalized spacial score (nSPS) is 11.8. The van der Waals surface area contributed by atoms with E-state index in [1.165, 1.54) is 18.3 Å². The minimum Gasteiger partial charge on any atom is -0.383 e. The van der Waals surface area contributed by atoms with Crippen molar-refractivity contribution in [2.75, 3.05) is 11.9 Å². The number of carbonyl (C=O) groups is 1. The predicted molar refractivity (Wildman–Crippen MR) is 101 cm³/mol. The van der Waals surface area contributed by atoms with Crippen molar-refractivity contribution in [1.29, 1.82) is 0 Å². The van der Waals surface area contributed by atoms with Gasteiger partial charge in [-0.25, -0.2) is 13.6 Å². The fraction of sp³-hybridized carbons (Fsp3) is 0.333. The minimum atomic E-state index is -3.67. The Morgan fingerprint density at radius 2 is 1.81 bits per heavy atom. The van der Waals surface area contributed by atoms with Gasteiger partial charge in [-0.1, -0.05) is 12.1 Å². The fourth-order valence-electron chi connectivity index (χ4n) is 2.27. The number of carbonyl (C=O) groups excluding carboxylic acids is 1. The molecule has 1 aromatic carbocycles. The Morgan fingerprint density at radius 1 is 1.15 bits per heavy atom. The molecule has 0 bridgehead atoms. The summed E-state index contributed by atoms with van der Waals surface area (Å²) in [7, 11) is -3.67. The van der Waals surface area contributed by atoms with E-state index in [1.807, 2.05) is 20.8 Å². The molecule has 0 aliphatic rings. The SMILES string of the molecule is CC(C)(C)NC(=O)c1cncc(NCCc2ccc(S(N)(=O)=O)cc2)c1. The number of nitrogens with zero attached hydrogens (tertiary/aromatic N) is 1. The van der Waals surface area contributed by atoms with Crippen molar-refractivity contribution in [3.8, 4) is 0 Å². The third-order valence-corrected chi connectivity index (χ3v) is 4.41. The summed E-state index contributed by atoms with van der Waals surface area (Å²) in [5, 5.41) is 11.2. The number of anilines is 1. The molecule has 8 heteroatoms. The molecule has 1 aromatic heterocycles. The maximum absolute atomic E-state index is 12.2. The first-order valence-corrected chi connectivity index (χ1v) is 9.72. The molecule has 1 heterocycles. The van der Waals surface area contributed by atoms with Crippen LogP contribution >= 0.6 is 0 Å². The largest absolute Gasteiger partial charge is 0.383 e. The Bertz CT molecular complexity index is 872. The molecule has 140 valence electrons. The fourth-order valence-corrected chi connectivity index (χ4v) is 2.79. The topological polar surface area (TPSA) is 114 Å². The maximum atomic E-state index is 12.2. The molecule has 0 radical (unpaired) electrons. The van der Waals surface area contributed by atoms with Crippen molar-refractivity contribution in [1.82, 2.24) is 10.3 Å². The average molecular weight is 376 g/mol. The van der Waals surface area contributed by atoms with E-state index in [-0.39, 0.29) is 16.3 Å². The molecule has 0 saturated carbocycles. The number of aromatic nitrogens is 1. The highest BCUT2D eigenvalue weighted by atomic mass is 32.2. The van der Waals surface area contributed by atoms with Crippen molar-refractivity contribution in [2.45, 2.75) is 37.6 Å². The number of hydrogen-bond donors (Lipinski definition) is 3. The van der Waals surface area contributed by atoms with E-state index in [2.05, 4.69) is 15.6 Å². The molecular weight excluding hydrogens is 352 g/mol. The van der Waals surface area contributed by atoms with Gasteiger partial charge in [-0.15, -0.1) is 0 Å². The monoisotopic (exact) mass is 376 g/mol. The number of benzene rings is 1. The summed E-state index contributed by atoms with van der Waals surface area (Å²) in [6.07, 6.45) is 3.86. The van der Waals surface area contributed by atoms with Gasteiger partial charge in [-0.3, -0.25) is 9.78 Å². The van der Waals surface area contributed by atoms with E-state index in [0.29, 0.717) is 18.5 Å². The lowest BCUT2D eigenvalue weighted by Crippen LogP contribution is -2.40. The van der Waals surface area contributed by atoms with Gasteiger partial charge >= 0.3 is 0 Å². The van der Waals surface area contributed by atoms with E-state index in [4.69, 9.17) is 5.14 Å². The Balaban J connectivity index is 1.94. The Labute approximate surface area is 154 Å². The number of nitrogens with two attached hydrogens (primary N) is 1. The van der Waals surface area contributed by atoms with E-state index in [9.17, 15) is 13.2 Å². The zero-order chi connectivity index (χ0) is 19.4. The maximum Gasteiger partial charge on any atom is 0.253 e. The van der Waals surface area contributed by atoms with Gasteiger partial charge in [0.25, 0.3) is 5.91 Å². The Hall–Kier alpha value is -2.45. The molecule has 0 aliphatic heterocycles. The van der Waals surface area contributed by atoms with Gasteiger partial charge in [-0.05, 0) is 51.0 Å². The van der Waals surface area contributed by atoms with Crippen molar-refractivity contribution in [2.24, 2.45) is 5.14 Å². The van der Waals surface area contributed by atoms with E-state index in [0.717, 1.165) is 11.3 Å². The summed E-state index contributed by atoms with van der Waals surface area (Å²) in [6, 6.07) is 8.19. The second kappa shape index (κ2) is 7.84. The van der Waals surface area contributed by atoms with Gasteiger partial charge in [0, 0.05) is 24.5 Å². The highest BCUT2D eigenvalue weighted by Gasteiger charge is 2.15. The van der Waals surface area contributed by atoms with Gasteiger partial charge in [0.1, 0.15) is 0 Å². The van der Waals surface area contributed by atoms with Crippen LogP contribution < -0.4 is 15.8 Å². The average Bonchev–Trinajstić information content (AvgIpc) is 2.53. The van der Waals surface area contributed by atoms with Crippen LogP contribution in [0.15, 0.2) is 47.6 Å². The zero-order valence-electron chi connectivity index (χ0n) is 15.1. The molecule has 0 saturated heterocycles. The smallest absolute Gasteiger partial charge is 0.253 e. The number of sulfonamides is 1. The van der Waals surface area contributed by atoms with Crippen LogP contribution in [0.4, 0.5) is 5.69 Å². The van der Waals surface area contributed by atoms with Crippen molar-refractivity contribution in [3.63, 3.8) is 0 Å². The Morgan fingerprint density at radius 3 is 2.38 bits per heavy atom. The quantitative estimate of drug-likeness (QED) is 0.712. The van der Waals surface area contributed by atoms with Crippen LogP contribution in [0, 0.1) is 0 Å². The molecule has 26 heavy (non-hydrogen) atoms. The second-order valence-electron chi connectivity index (χ2n) is 7.03. The first kappa shape index (κ1) is 19.9. The summed E-state index contributed by atoms with van der Waals surface area (Å²) in [5.74, 6) is -0.174. The molecular formula is C18H24N4O3S. The molecule has 0 atom stereocenters. The van der Waals surface area contributed by atoms with Crippen LogP contribution in [0.3, 0.4) is 0 Å². The van der Waals surface area contributed by atoms with Gasteiger partial charge < -0.3 is 10.6 Å². The molecule has 2 aromatic rings. The van der Waals surface area contributed by atoms with E-state index < -0.39 is 10.0 Å². The first-order valence-electron chi connectivity index (χ1n) is 8.18. The summed E-state index contributed by atoms with van der Waals surface area (Å²) < 4.78 is 22.5. The molecule has 7 nitrogen and oxygen atoms in total. The third kappa shape index (κ3) is 6.12. The van der Waals surface area contributed by atoms with Crippen LogP contribution in [0.25, 0.3) is 0 Å². The number of rotatable bonds is 6. The van der Waals surface area contributed by atoms with Crippen molar-refractivity contribution < 1.29 is 13.2 Å². The number of nitrogens with one attached hydrogen (secondary N) is 2. The predicted octanol–water partition coefficient (Wildman–Crippen LogP) is 1.91. The van der Waals surface area contributed by atoms with Crippen LogP contribution in [0.2, 0.25) is 0 Å². The van der Waals surface area contributed by atoms with Crippen molar-refractivity contribution in [3.05, 3.63) is 53.9 Å². The summed E-state index contributed by atoms with van der Waals surface area (Å²) in [4.78, 5) is 16.4. The number of hydrogen-bond acceptors (Lipinski definition) is 5. The molecule has 0 spiro atoms. The highest BCUT2D eigenvalue weighted by molar-refractivity contribution is 7.89. The molecule has 4 N–H and O–H groups in total. The van der Waals surface area contributed by atoms with E-state index in [1.54, 1.807) is 24.4 Å². The third-order valence-electron chi connectivity index (χ3n) is 3.48. The summed E-state index contributed by atoms with van der Waals surface area (Å²) >= 11 is 0. The van der Waals surface area contributed by atoms with Crippen LogP contribution in [0.1, 0.15) is 36.7 Å². The molecule has 0 unspecified atom stereocenters. The van der Waals surface area contributed by atoms with Crippen LogP contribution in [-0.2, 0) is 16.4 Å². The zero-order valence-corrected chi connectivity index (χ0v) is 15.9. The highest BCUT2D eigenvalue weighted by Crippen LogP contribution is 2.12. The van der Waals surface area contributed by atoms with Crippen LogP contribution in [-0.4, -0.2) is 31.4 Å². The standard InChI is InChI=1S/C18H24N4O3S/c1-18(2,3)22-17(23)14-10-15(12-20-11-14)21-9-8-13-4-6-16(7-5-13)26(19,24)25/h4-7,10-12,21H,8-9H2,1-3H3,(H,22,23)(H2,19,24,25). The molecule has 1 amide bonds. The van der Waals surface area contributed by atoms with E-state index >= 15 is 0 Å². The minimum absolute atomic E-state index is 0.0935. The van der Waals surface area contributed by atoms with Crippen molar-refractivity contribution >= 4 is 21.6 Å². The number of primary sulfonamides is 1. The summed E-state index contributed by atoms with van der Waals surface area (Å²) in [6.45, 7) is 6.37. The number of pyridine rings is 1. The van der Waals surface area contributed by atoms with Gasteiger partial charge in [0.05, 0.1) is 16.1 Å². The van der Waals surface area contributed by atoms with Gasteiger partial charge in [-0.2, -0.15) is 0 Å². The summed E-state index contributed by atoms with van der Waals surface area (Å²) in [5.41, 5.74) is 1.89. The lowest BCUT2D eigenvalue weighted by molar-refractivity contribution is 0.0919. The molecule has 2 rings (SSSR count). The second-order valence-corrected chi connectivity index (χ2v) is 8.59. The lowest BCUT2D eigenvalue weighted by atomic mass is 10.1.